The number of aliphatic hydroxyl groups excluding tert-OH is 1. The summed E-state index contributed by atoms with van der Waals surface area (Å²) in [6.07, 6.45) is 1.73. The Morgan fingerprint density at radius 2 is 2.13 bits per heavy atom. The predicted molar refractivity (Wildman–Crippen MR) is 52.7 cm³/mol. The van der Waals surface area contributed by atoms with Crippen LogP contribution in [0.15, 0.2) is 34.9 Å². The number of aromatic nitrogens is 1. The Balaban J connectivity index is 2.33. The largest absolute Gasteiger partial charge is 0.448 e. The molecule has 0 aliphatic carbocycles. The first-order chi connectivity index (χ1) is 7.31. The van der Waals surface area contributed by atoms with E-state index in [-0.39, 0.29) is 12.4 Å². The lowest BCUT2D eigenvalue weighted by Crippen LogP contribution is -1.90. The van der Waals surface area contributed by atoms with Gasteiger partial charge < -0.3 is 9.52 Å². The molecule has 1 aromatic heterocycles. The minimum Gasteiger partial charge on any atom is -0.448 e. The van der Waals surface area contributed by atoms with E-state index in [0.717, 1.165) is 0 Å². The summed E-state index contributed by atoms with van der Waals surface area (Å²) < 4.78 is 18.4. The van der Waals surface area contributed by atoms with Gasteiger partial charge in [-0.05, 0) is 12.1 Å². The van der Waals surface area contributed by atoms with Crippen LogP contribution in [-0.4, -0.2) is 16.7 Å². The summed E-state index contributed by atoms with van der Waals surface area (Å²) in [7, 11) is 0. The molecule has 0 bridgehead atoms. The first kappa shape index (κ1) is 9.86. The minimum absolute atomic E-state index is 0.0305. The van der Waals surface area contributed by atoms with E-state index < -0.39 is 0 Å². The molecule has 0 spiro atoms. The Bertz CT molecular complexity index is 453. The van der Waals surface area contributed by atoms with Gasteiger partial charge in [-0.3, -0.25) is 0 Å². The second kappa shape index (κ2) is 4.23. The van der Waals surface area contributed by atoms with Crippen molar-refractivity contribution >= 4 is 0 Å². The zero-order valence-electron chi connectivity index (χ0n) is 7.98. The summed E-state index contributed by atoms with van der Waals surface area (Å²) in [6, 6.07) is 6.36. The minimum atomic E-state index is -0.332. The summed E-state index contributed by atoms with van der Waals surface area (Å²) in [6.45, 7) is -0.0305. The lowest BCUT2D eigenvalue weighted by atomic mass is 10.1. The number of oxazole rings is 1. The zero-order chi connectivity index (χ0) is 10.7. The summed E-state index contributed by atoms with van der Waals surface area (Å²) in [4.78, 5) is 4.06. The molecule has 0 aliphatic rings. The highest BCUT2D eigenvalue weighted by Gasteiger charge is 2.09. The van der Waals surface area contributed by atoms with Crippen LogP contribution in [0.2, 0.25) is 0 Å². The van der Waals surface area contributed by atoms with Gasteiger partial charge in [0.2, 0.25) is 0 Å². The molecule has 3 nitrogen and oxygen atoms in total. The maximum absolute atomic E-state index is 13.3. The number of benzene rings is 1. The molecule has 78 valence electrons. The van der Waals surface area contributed by atoms with Crippen LogP contribution in [-0.2, 0) is 6.42 Å². The predicted octanol–water partition coefficient (Wildman–Crippen LogP) is 2.02. The summed E-state index contributed by atoms with van der Waals surface area (Å²) >= 11 is 0. The topological polar surface area (TPSA) is 46.3 Å². The molecule has 0 saturated carbocycles. The SMILES string of the molecule is OCCc1nc(-c2ccccc2F)co1. The third-order valence-electron chi connectivity index (χ3n) is 2.03. The maximum atomic E-state index is 13.3. The first-order valence-corrected chi connectivity index (χ1v) is 4.61. The highest BCUT2D eigenvalue weighted by molar-refractivity contribution is 5.58. The van der Waals surface area contributed by atoms with Gasteiger partial charge in [0.25, 0.3) is 0 Å². The quantitative estimate of drug-likeness (QED) is 0.837. The number of hydrogen-bond acceptors (Lipinski definition) is 3. The van der Waals surface area contributed by atoms with E-state index in [0.29, 0.717) is 23.6 Å². The summed E-state index contributed by atoms with van der Waals surface area (Å²) in [5, 5.41) is 8.68. The van der Waals surface area contributed by atoms with Gasteiger partial charge in [-0.15, -0.1) is 0 Å². The van der Waals surface area contributed by atoms with E-state index in [1.165, 1.54) is 12.3 Å². The van der Waals surface area contributed by atoms with Crippen molar-refractivity contribution in [2.45, 2.75) is 6.42 Å². The van der Waals surface area contributed by atoms with E-state index in [9.17, 15) is 4.39 Å². The van der Waals surface area contributed by atoms with Gasteiger partial charge >= 0.3 is 0 Å². The van der Waals surface area contributed by atoms with Crippen molar-refractivity contribution in [3.8, 4) is 11.3 Å². The fourth-order valence-corrected chi connectivity index (χ4v) is 1.31. The van der Waals surface area contributed by atoms with Crippen LogP contribution in [0.25, 0.3) is 11.3 Å². The normalized spacial score (nSPS) is 10.5. The van der Waals surface area contributed by atoms with Crippen LogP contribution in [0.5, 0.6) is 0 Å². The van der Waals surface area contributed by atoms with Gasteiger partial charge in [-0.2, -0.15) is 0 Å². The average Bonchev–Trinajstić information content (AvgIpc) is 2.68. The molecule has 1 aromatic carbocycles. The number of rotatable bonds is 3. The standard InChI is InChI=1S/C11H10FNO2/c12-9-4-2-1-3-8(9)10-7-15-11(13-10)5-6-14/h1-4,7,14H,5-6H2. The van der Waals surface area contributed by atoms with Crippen molar-refractivity contribution in [1.29, 1.82) is 0 Å². The van der Waals surface area contributed by atoms with Crippen LogP contribution in [0.3, 0.4) is 0 Å². The zero-order valence-corrected chi connectivity index (χ0v) is 7.98. The molecule has 1 heterocycles. The maximum Gasteiger partial charge on any atom is 0.196 e. The Morgan fingerprint density at radius 1 is 1.33 bits per heavy atom. The van der Waals surface area contributed by atoms with Crippen molar-refractivity contribution in [2.75, 3.05) is 6.61 Å². The second-order valence-corrected chi connectivity index (χ2v) is 3.08. The van der Waals surface area contributed by atoms with E-state index >= 15 is 0 Å². The van der Waals surface area contributed by atoms with E-state index in [1.54, 1.807) is 18.2 Å². The Hall–Kier alpha value is -1.68. The highest BCUT2D eigenvalue weighted by Crippen LogP contribution is 2.21. The summed E-state index contributed by atoms with van der Waals surface area (Å²) in [5.74, 6) is 0.0806. The Morgan fingerprint density at radius 3 is 2.87 bits per heavy atom. The van der Waals surface area contributed by atoms with Gasteiger partial charge in [0.15, 0.2) is 5.89 Å². The fraction of sp³-hybridized carbons (Fsp3) is 0.182. The van der Waals surface area contributed by atoms with Crippen LogP contribution >= 0.6 is 0 Å². The smallest absolute Gasteiger partial charge is 0.196 e. The number of hydrogen-bond donors (Lipinski definition) is 1. The molecule has 0 fully saturated rings. The molecular weight excluding hydrogens is 197 g/mol. The molecule has 0 unspecified atom stereocenters. The molecule has 2 aromatic rings. The van der Waals surface area contributed by atoms with E-state index in [4.69, 9.17) is 9.52 Å². The van der Waals surface area contributed by atoms with E-state index in [2.05, 4.69) is 4.98 Å². The second-order valence-electron chi connectivity index (χ2n) is 3.08. The van der Waals surface area contributed by atoms with Gasteiger partial charge in [-0.25, -0.2) is 9.37 Å². The lowest BCUT2D eigenvalue weighted by molar-refractivity contribution is 0.285. The van der Waals surface area contributed by atoms with Gasteiger partial charge in [0.1, 0.15) is 17.8 Å². The molecule has 0 atom stereocenters. The lowest BCUT2D eigenvalue weighted by Gasteiger charge is -1.96. The van der Waals surface area contributed by atoms with Gasteiger partial charge in [0, 0.05) is 12.0 Å². The van der Waals surface area contributed by atoms with Gasteiger partial charge in [0.05, 0.1) is 6.61 Å². The number of nitrogens with zero attached hydrogens (tertiary/aromatic N) is 1. The highest BCUT2D eigenvalue weighted by atomic mass is 19.1. The van der Waals surface area contributed by atoms with Crippen LogP contribution in [0, 0.1) is 5.82 Å². The van der Waals surface area contributed by atoms with Gasteiger partial charge in [-0.1, -0.05) is 12.1 Å². The molecule has 0 aliphatic heterocycles. The first-order valence-electron chi connectivity index (χ1n) is 4.61. The van der Waals surface area contributed by atoms with Crippen LogP contribution < -0.4 is 0 Å². The molecule has 15 heavy (non-hydrogen) atoms. The number of halogens is 1. The molecule has 0 amide bonds. The number of aliphatic hydroxyl groups is 1. The van der Waals surface area contributed by atoms with Crippen molar-refractivity contribution in [2.24, 2.45) is 0 Å². The van der Waals surface area contributed by atoms with Crippen molar-refractivity contribution in [3.63, 3.8) is 0 Å². The molecular formula is C11H10FNO2. The Kier molecular flexibility index (Phi) is 2.78. The third-order valence-corrected chi connectivity index (χ3v) is 2.03. The van der Waals surface area contributed by atoms with E-state index in [1.807, 2.05) is 0 Å². The van der Waals surface area contributed by atoms with Crippen molar-refractivity contribution in [1.82, 2.24) is 4.98 Å². The molecule has 1 N–H and O–H groups in total. The molecule has 2 rings (SSSR count). The van der Waals surface area contributed by atoms with Crippen LogP contribution in [0.4, 0.5) is 4.39 Å². The Labute approximate surface area is 86.2 Å². The van der Waals surface area contributed by atoms with Crippen molar-refractivity contribution in [3.05, 3.63) is 42.2 Å². The molecule has 0 radical (unpaired) electrons. The summed E-state index contributed by atoms with van der Waals surface area (Å²) in [5.41, 5.74) is 0.863. The van der Waals surface area contributed by atoms with Crippen LogP contribution in [0.1, 0.15) is 5.89 Å². The third kappa shape index (κ3) is 2.05. The molecule has 4 heteroatoms. The average molecular weight is 207 g/mol. The fourth-order valence-electron chi connectivity index (χ4n) is 1.31. The van der Waals surface area contributed by atoms with Crippen molar-refractivity contribution < 1.29 is 13.9 Å². The monoisotopic (exact) mass is 207 g/mol. The molecule has 0 saturated heterocycles.